The lowest BCUT2D eigenvalue weighted by Gasteiger charge is -2.16. The van der Waals surface area contributed by atoms with Crippen LogP contribution in [0, 0.1) is 0 Å². The number of benzene rings is 6. The van der Waals surface area contributed by atoms with E-state index in [1.807, 2.05) is 36.4 Å². The highest BCUT2D eigenvalue weighted by molar-refractivity contribution is 7.87. The highest BCUT2D eigenvalue weighted by Crippen LogP contribution is 2.33. The monoisotopic (exact) mass is 676 g/mol. The molecule has 0 aliphatic carbocycles. The Hall–Kier alpha value is -5.91. The van der Waals surface area contributed by atoms with E-state index in [1.165, 1.54) is 42.5 Å². The maximum Gasteiger partial charge on any atom is 0.339 e. The van der Waals surface area contributed by atoms with Crippen molar-refractivity contribution in [2.45, 2.75) is 9.79 Å². The molecule has 0 aliphatic heterocycles. The summed E-state index contributed by atoms with van der Waals surface area (Å²) in [7, 11) is -8.60. The predicted molar refractivity (Wildman–Crippen MR) is 185 cm³/mol. The standard InChI is InChI=1S/C37H28N2O7S2/c40-37(38-32-18-8-10-20-34(32)45-47(41,42)30-25-23-28(24-26-30)27-13-3-1-4-14-27)39-33-19-9-11-21-35(33)46-48(43,44)36-22-12-7-17-31(36)29-15-5-2-6-16-29/h1-26H,(H2,38,39,40). The number of carbonyl (C=O) groups is 1. The van der Waals surface area contributed by atoms with Crippen LogP contribution in [0.3, 0.4) is 0 Å². The molecule has 0 bridgehead atoms. The summed E-state index contributed by atoms with van der Waals surface area (Å²) in [6.07, 6.45) is 0. The van der Waals surface area contributed by atoms with Gasteiger partial charge in [0.2, 0.25) is 0 Å². The van der Waals surface area contributed by atoms with Crippen LogP contribution >= 0.6 is 0 Å². The fourth-order valence-electron chi connectivity index (χ4n) is 4.88. The maximum atomic E-state index is 13.5. The fourth-order valence-corrected chi connectivity index (χ4v) is 7.00. The van der Waals surface area contributed by atoms with Crippen molar-refractivity contribution >= 4 is 37.6 Å². The van der Waals surface area contributed by atoms with E-state index in [9.17, 15) is 21.6 Å². The number of hydrogen-bond acceptors (Lipinski definition) is 7. The van der Waals surface area contributed by atoms with Gasteiger partial charge >= 0.3 is 26.3 Å². The summed E-state index contributed by atoms with van der Waals surface area (Å²) in [6.45, 7) is 0. The molecule has 6 aromatic rings. The first-order valence-electron chi connectivity index (χ1n) is 14.6. The number of amides is 2. The third-order valence-corrected chi connectivity index (χ3v) is 9.70. The lowest BCUT2D eigenvalue weighted by molar-refractivity contribution is 0.262. The summed E-state index contributed by atoms with van der Waals surface area (Å²) < 4.78 is 64.3. The fraction of sp³-hybridized carbons (Fsp3) is 0. The van der Waals surface area contributed by atoms with Crippen LogP contribution < -0.4 is 19.0 Å². The SMILES string of the molecule is O=C(Nc1ccccc1OS(=O)(=O)c1ccc(-c2ccccc2)cc1)Nc1ccccc1OS(=O)(=O)c1ccccc1-c1ccccc1. The van der Waals surface area contributed by atoms with Crippen molar-refractivity contribution in [3.8, 4) is 33.8 Å². The van der Waals surface area contributed by atoms with Crippen LogP contribution in [0.25, 0.3) is 22.3 Å². The van der Waals surface area contributed by atoms with Gasteiger partial charge in [-0.2, -0.15) is 16.8 Å². The molecule has 0 saturated heterocycles. The molecule has 0 unspecified atom stereocenters. The molecule has 240 valence electrons. The molecule has 0 saturated carbocycles. The van der Waals surface area contributed by atoms with E-state index in [0.29, 0.717) is 11.1 Å². The molecule has 0 atom stereocenters. The van der Waals surface area contributed by atoms with Crippen LogP contribution in [-0.4, -0.2) is 22.9 Å². The minimum Gasteiger partial charge on any atom is -0.377 e. The molecule has 48 heavy (non-hydrogen) atoms. The molecule has 2 amide bonds. The average molecular weight is 677 g/mol. The van der Waals surface area contributed by atoms with Gasteiger partial charge in [0.25, 0.3) is 0 Å². The second-order valence-electron chi connectivity index (χ2n) is 10.4. The van der Waals surface area contributed by atoms with Gasteiger partial charge in [-0.15, -0.1) is 0 Å². The van der Waals surface area contributed by atoms with Crippen LogP contribution in [0.2, 0.25) is 0 Å². The van der Waals surface area contributed by atoms with Crippen molar-refractivity contribution in [2.75, 3.05) is 10.6 Å². The third kappa shape index (κ3) is 7.38. The van der Waals surface area contributed by atoms with Gasteiger partial charge < -0.3 is 19.0 Å². The Morgan fingerprint density at radius 3 is 1.46 bits per heavy atom. The van der Waals surface area contributed by atoms with E-state index in [2.05, 4.69) is 10.6 Å². The van der Waals surface area contributed by atoms with E-state index in [0.717, 1.165) is 11.1 Å². The van der Waals surface area contributed by atoms with E-state index < -0.39 is 26.3 Å². The number of nitrogens with one attached hydrogen (secondary N) is 2. The van der Waals surface area contributed by atoms with Gasteiger partial charge in [0.15, 0.2) is 11.5 Å². The second kappa shape index (κ2) is 13.8. The molecule has 9 nitrogen and oxygen atoms in total. The molecular formula is C37H28N2O7S2. The number of hydrogen-bond donors (Lipinski definition) is 2. The van der Waals surface area contributed by atoms with Gasteiger partial charge in [0.05, 0.1) is 11.4 Å². The van der Waals surface area contributed by atoms with Gasteiger partial charge in [-0.1, -0.05) is 115 Å². The molecule has 6 rings (SSSR count). The molecule has 0 spiro atoms. The molecule has 0 radical (unpaired) electrons. The molecule has 0 fully saturated rings. The van der Waals surface area contributed by atoms with Crippen molar-refractivity contribution in [3.63, 3.8) is 0 Å². The van der Waals surface area contributed by atoms with Crippen LogP contribution in [0.4, 0.5) is 16.2 Å². The first kappa shape index (κ1) is 32.0. The van der Waals surface area contributed by atoms with Crippen molar-refractivity contribution < 1.29 is 30.0 Å². The molecule has 0 aliphatic rings. The minimum atomic E-state index is -4.34. The van der Waals surface area contributed by atoms with E-state index in [4.69, 9.17) is 8.37 Å². The van der Waals surface area contributed by atoms with E-state index >= 15 is 0 Å². The zero-order chi connectivity index (χ0) is 33.6. The Bertz CT molecular complexity index is 2280. The van der Waals surface area contributed by atoms with Crippen molar-refractivity contribution in [3.05, 3.63) is 158 Å². The first-order chi connectivity index (χ1) is 23.2. The summed E-state index contributed by atoms with van der Waals surface area (Å²) in [5.74, 6) is -0.244. The zero-order valence-corrected chi connectivity index (χ0v) is 26.8. The third-order valence-electron chi connectivity index (χ3n) is 7.16. The number of para-hydroxylation sites is 4. The Morgan fingerprint density at radius 2 is 0.875 bits per heavy atom. The largest absolute Gasteiger partial charge is 0.377 e. The summed E-state index contributed by atoms with van der Waals surface area (Å²) in [6, 6.07) is 42.5. The zero-order valence-electron chi connectivity index (χ0n) is 25.2. The summed E-state index contributed by atoms with van der Waals surface area (Å²) in [4.78, 5) is 13.0. The normalized spacial score (nSPS) is 11.3. The molecule has 11 heteroatoms. The van der Waals surface area contributed by atoms with Gasteiger partial charge in [0.1, 0.15) is 9.79 Å². The smallest absolute Gasteiger partial charge is 0.339 e. The summed E-state index contributed by atoms with van der Waals surface area (Å²) in [5.41, 5.74) is 3.04. The van der Waals surface area contributed by atoms with Gasteiger partial charge in [0, 0.05) is 5.56 Å². The predicted octanol–water partition coefficient (Wildman–Crippen LogP) is 8.20. The Labute approximate surface area is 278 Å². The van der Waals surface area contributed by atoms with E-state index in [-0.39, 0.29) is 32.7 Å². The van der Waals surface area contributed by atoms with Crippen LogP contribution in [0.1, 0.15) is 0 Å². The number of carbonyl (C=O) groups excluding carboxylic acids is 1. The maximum absolute atomic E-state index is 13.5. The van der Waals surface area contributed by atoms with Gasteiger partial charge in [-0.25, -0.2) is 4.79 Å². The van der Waals surface area contributed by atoms with Gasteiger partial charge in [-0.3, -0.25) is 0 Å². The first-order valence-corrected chi connectivity index (χ1v) is 17.5. The lowest BCUT2D eigenvalue weighted by atomic mass is 10.1. The summed E-state index contributed by atoms with van der Waals surface area (Å²) in [5, 5.41) is 5.15. The molecule has 0 aromatic heterocycles. The molecule has 2 N–H and O–H groups in total. The van der Waals surface area contributed by atoms with E-state index in [1.54, 1.807) is 78.9 Å². The van der Waals surface area contributed by atoms with Crippen molar-refractivity contribution in [2.24, 2.45) is 0 Å². The number of urea groups is 1. The molecule has 0 heterocycles. The van der Waals surface area contributed by atoms with Crippen molar-refractivity contribution in [1.29, 1.82) is 0 Å². The van der Waals surface area contributed by atoms with Crippen LogP contribution in [0.15, 0.2) is 168 Å². The number of anilines is 2. The molecular weight excluding hydrogens is 649 g/mol. The Kier molecular flexibility index (Phi) is 9.24. The Balaban J connectivity index is 1.18. The lowest BCUT2D eigenvalue weighted by Crippen LogP contribution is -2.21. The quantitative estimate of drug-likeness (QED) is 0.140. The number of rotatable bonds is 10. The topological polar surface area (TPSA) is 128 Å². The average Bonchev–Trinajstić information content (AvgIpc) is 3.10. The highest BCUT2D eigenvalue weighted by atomic mass is 32.2. The Morgan fingerprint density at radius 1 is 0.438 bits per heavy atom. The minimum absolute atomic E-state index is 0.0440. The van der Waals surface area contributed by atoms with Crippen LogP contribution in [0.5, 0.6) is 11.5 Å². The highest BCUT2D eigenvalue weighted by Gasteiger charge is 2.24. The molecule has 6 aromatic carbocycles. The van der Waals surface area contributed by atoms with Gasteiger partial charge in [-0.05, 0) is 59.2 Å². The van der Waals surface area contributed by atoms with Crippen molar-refractivity contribution in [1.82, 2.24) is 0 Å². The van der Waals surface area contributed by atoms with Crippen LogP contribution in [-0.2, 0) is 20.2 Å². The second-order valence-corrected chi connectivity index (χ2v) is 13.5. The summed E-state index contributed by atoms with van der Waals surface area (Å²) >= 11 is 0.